The van der Waals surface area contributed by atoms with Crippen molar-refractivity contribution in [2.24, 2.45) is 0 Å². The van der Waals surface area contributed by atoms with Crippen LogP contribution in [0.2, 0.25) is 0 Å². The molecule has 1 aromatic carbocycles. The Labute approximate surface area is 124 Å². The van der Waals surface area contributed by atoms with Crippen LogP contribution in [0.3, 0.4) is 0 Å². The third kappa shape index (κ3) is 3.12. The van der Waals surface area contributed by atoms with Crippen molar-refractivity contribution in [2.45, 2.75) is 19.4 Å². The molecule has 0 aromatic heterocycles. The fourth-order valence-electron chi connectivity index (χ4n) is 2.65. The zero-order valence-corrected chi connectivity index (χ0v) is 13.0. The molecule has 1 amide bonds. The number of sulfone groups is 1. The topological polar surface area (TPSA) is 89.7 Å². The largest absolute Gasteiger partial charge is 0.495 e. The van der Waals surface area contributed by atoms with E-state index in [1.165, 1.54) is 7.11 Å². The molecule has 7 heteroatoms. The molecular formula is C14H20N2O4S. The van der Waals surface area contributed by atoms with Gasteiger partial charge in [-0.1, -0.05) is 6.07 Å². The number of nitrogens with two attached hydrogens (primary N) is 1. The first-order chi connectivity index (χ1) is 9.89. The van der Waals surface area contributed by atoms with Crippen molar-refractivity contribution >= 4 is 21.4 Å². The van der Waals surface area contributed by atoms with Crippen LogP contribution in [0.15, 0.2) is 18.2 Å². The van der Waals surface area contributed by atoms with Crippen molar-refractivity contribution < 1.29 is 17.9 Å². The molecule has 0 aliphatic carbocycles. The number of ether oxygens (including phenoxy) is 1. The number of rotatable bonds is 4. The van der Waals surface area contributed by atoms with Gasteiger partial charge in [-0.3, -0.25) is 4.79 Å². The third-order valence-electron chi connectivity index (χ3n) is 3.77. The molecule has 1 aliphatic rings. The molecule has 1 atom stereocenters. The smallest absolute Gasteiger partial charge is 0.256 e. The van der Waals surface area contributed by atoms with E-state index in [4.69, 9.17) is 10.5 Å². The molecule has 0 radical (unpaired) electrons. The van der Waals surface area contributed by atoms with Crippen molar-refractivity contribution in [1.29, 1.82) is 0 Å². The number of nitrogen functional groups attached to an aromatic ring is 1. The highest BCUT2D eigenvalue weighted by Crippen LogP contribution is 2.27. The van der Waals surface area contributed by atoms with Crippen LogP contribution in [0.5, 0.6) is 5.75 Å². The fraction of sp³-hybridized carbons (Fsp3) is 0.500. The molecule has 2 N–H and O–H groups in total. The average Bonchev–Trinajstić information content (AvgIpc) is 2.80. The number of amides is 1. The maximum atomic E-state index is 12.7. The molecule has 0 bridgehead atoms. The Hall–Kier alpha value is -1.76. The molecule has 2 rings (SSSR count). The molecule has 1 saturated heterocycles. The molecule has 1 fully saturated rings. The third-order valence-corrected chi connectivity index (χ3v) is 5.52. The Bertz CT molecular complexity index is 642. The van der Waals surface area contributed by atoms with E-state index < -0.39 is 9.84 Å². The highest BCUT2D eigenvalue weighted by molar-refractivity contribution is 7.91. The number of carbonyl (C=O) groups excluding carboxylic acids is 1. The van der Waals surface area contributed by atoms with Gasteiger partial charge in [0.05, 0.1) is 29.9 Å². The first kappa shape index (κ1) is 15.6. The molecule has 116 valence electrons. The normalized spacial score (nSPS) is 20.2. The Morgan fingerprint density at radius 2 is 2.19 bits per heavy atom. The molecule has 6 nitrogen and oxygen atoms in total. The Morgan fingerprint density at radius 1 is 1.48 bits per heavy atom. The second kappa shape index (κ2) is 5.93. The summed E-state index contributed by atoms with van der Waals surface area (Å²) in [5.41, 5.74) is 6.58. The van der Waals surface area contributed by atoms with Crippen molar-refractivity contribution in [3.05, 3.63) is 23.8 Å². The zero-order chi connectivity index (χ0) is 15.6. The second-order valence-corrected chi connectivity index (χ2v) is 7.30. The minimum absolute atomic E-state index is 0.0243. The number of hydrogen-bond acceptors (Lipinski definition) is 5. The first-order valence-corrected chi connectivity index (χ1v) is 8.65. The summed E-state index contributed by atoms with van der Waals surface area (Å²) in [5.74, 6) is 0.345. The maximum absolute atomic E-state index is 12.7. The van der Waals surface area contributed by atoms with Crippen LogP contribution in [-0.2, 0) is 9.84 Å². The van der Waals surface area contributed by atoms with E-state index in [9.17, 15) is 13.2 Å². The highest BCUT2D eigenvalue weighted by Gasteiger charge is 2.34. The summed E-state index contributed by atoms with van der Waals surface area (Å²) in [6.07, 6.45) is 0.478. The zero-order valence-electron chi connectivity index (χ0n) is 12.2. The summed E-state index contributed by atoms with van der Waals surface area (Å²) in [7, 11) is -1.55. The number of anilines is 1. The summed E-state index contributed by atoms with van der Waals surface area (Å²) < 4.78 is 28.3. The van der Waals surface area contributed by atoms with E-state index >= 15 is 0 Å². The fourth-order valence-corrected chi connectivity index (χ4v) is 4.38. The van der Waals surface area contributed by atoms with Crippen molar-refractivity contribution in [2.75, 3.05) is 30.9 Å². The summed E-state index contributed by atoms with van der Waals surface area (Å²) in [4.78, 5) is 14.2. The van der Waals surface area contributed by atoms with Crippen LogP contribution in [0, 0.1) is 0 Å². The predicted octanol–water partition coefficient (Wildman–Crippen LogP) is 0.927. The molecule has 0 spiro atoms. The van der Waals surface area contributed by atoms with Gasteiger partial charge in [0.15, 0.2) is 9.84 Å². The summed E-state index contributed by atoms with van der Waals surface area (Å²) in [6.45, 7) is 2.27. The maximum Gasteiger partial charge on any atom is 0.256 e. The van der Waals surface area contributed by atoms with E-state index in [-0.39, 0.29) is 29.1 Å². The van der Waals surface area contributed by atoms with Gasteiger partial charge < -0.3 is 15.4 Å². The van der Waals surface area contributed by atoms with Gasteiger partial charge in [-0.05, 0) is 25.5 Å². The van der Waals surface area contributed by atoms with Crippen molar-refractivity contribution in [3.63, 3.8) is 0 Å². The van der Waals surface area contributed by atoms with Crippen LogP contribution < -0.4 is 10.5 Å². The van der Waals surface area contributed by atoms with Crippen LogP contribution in [0.1, 0.15) is 23.7 Å². The lowest BCUT2D eigenvalue weighted by Gasteiger charge is -2.27. The number of para-hydroxylation sites is 1. The van der Waals surface area contributed by atoms with Gasteiger partial charge in [-0.25, -0.2) is 8.42 Å². The standard InChI is InChI=1S/C14H20N2O4S/c1-3-16(10-7-8-21(18,19)9-10)14(17)11-5-4-6-12(20-2)13(11)15/h4-6,10H,3,7-9,15H2,1-2H3. The monoisotopic (exact) mass is 312 g/mol. The summed E-state index contributed by atoms with van der Waals surface area (Å²) in [6, 6.07) is 4.73. The summed E-state index contributed by atoms with van der Waals surface area (Å²) >= 11 is 0. The van der Waals surface area contributed by atoms with Gasteiger partial charge in [0, 0.05) is 12.6 Å². The van der Waals surface area contributed by atoms with Gasteiger partial charge in [0.25, 0.3) is 5.91 Å². The lowest BCUT2D eigenvalue weighted by atomic mass is 10.1. The Morgan fingerprint density at radius 3 is 2.71 bits per heavy atom. The number of benzene rings is 1. The lowest BCUT2D eigenvalue weighted by molar-refractivity contribution is 0.0709. The number of carbonyl (C=O) groups is 1. The van der Waals surface area contributed by atoms with Crippen LogP contribution in [0.4, 0.5) is 5.69 Å². The SMILES string of the molecule is CCN(C(=O)c1cccc(OC)c1N)C1CCS(=O)(=O)C1. The first-order valence-electron chi connectivity index (χ1n) is 6.83. The lowest BCUT2D eigenvalue weighted by Crippen LogP contribution is -2.41. The van der Waals surface area contributed by atoms with E-state index in [0.29, 0.717) is 24.3 Å². The van der Waals surface area contributed by atoms with Gasteiger partial charge in [0.2, 0.25) is 0 Å². The molecular weight excluding hydrogens is 292 g/mol. The van der Waals surface area contributed by atoms with Gasteiger partial charge in [-0.15, -0.1) is 0 Å². The van der Waals surface area contributed by atoms with Gasteiger partial charge >= 0.3 is 0 Å². The Balaban J connectivity index is 2.29. The average molecular weight is 312 g/mol. The van der Waals surface area contributed by atoms with E-state index in [2.05, 4.69) is 0 Å². The van der Waals surface area contributed by atoms with Crippen molar-refractivity contribution in [1.82, 2.24) is 4.90 Å². The van der Waals surface area contributed by atoms with Crippen LogP contribution >= 0.6 is 0 Å². The molecule has 21 heavy (non-hydrogen) atoms. The highest BCUT2D eigenvalue weighted by atomic mass is 32.2. The van der Waals surface area contributed by atoms with Gasteiger partial charge in [0.1, 0.15) is 5.75 Å². The molecule has 0 saturated carbocycles. The van der Waals surface area contributed by atoms with Crippen LogP contribution in [0.25, 0.3) is 0 Å². The van der Waals surface area contributed by atoms with Gasteiger partial charge in [-0.2, -0.15) is 0 Å². The van der Waals surface area contributed by atoms with E-state index in [1.54, 1.807) is 23.1 Å². The molecule has 1 aromatic rings. The summed E-state index contributed by atoms with van der Waals surface area (Å²) in [5, 5.41) is 0. The molecule has 1 heterocycles. The second-order valence-electron chi connectivity index (χ2n) is 5.07. The number of hydrogen-bond donors (Lipinski definition) is 1. The Kier molecular flexibility index (Phi) is 4.41. The molecule has 1 aliphatic heterocycles. The van der Waals surface area contributed by atoms with Crippen LogP contribution in [-0.4, -0.2) is 50.4 Å². The predicted molar refractivity (Wildman–Crippen MR) is 81.2 cm³/mol. The minimum atomic E-state index is -3.04. The molecule has 1 unspecified atom stereocenters. The van der Waals surface area contributed by atoms with E-state index in [1.807, 2.05) is 6.92 Å². The van der Waals surface area contributed by atoms with Crippen molar-refractivity contribution in [3.8, 4) is 5.75 Å². The number of nitrogens with zero attached hydrogens (tertiary/aromatic N) is 1. The minimum Gasteiger partial charge on any atom is -0.495 e. The quantitative estimate of drug-likeness (QED) is 0.835. The number of methoxy groups -OCH3 is 1. The van der Waals surface area contributed by atoms with E-state index in [0.717, 1.165) is 0 Å².